The fourth-order valence-electron chi connectivity index (χ4n) is 2.64. The maximum atomic E-state index is 12.7. The van der Waals surface area contributed by atoms with Crippen molar-refractivity contribution in [3.05, 3.63) is 68.7 Å². The van der Waals surface area contributed by atoms with Crippen molar-refractivity contribution in [2.45, 2.75) is 18.9 Å². The first-order valence-corrected chi connectivity index (χ1v) is 7.74. The number of carbonyl (C=O) groups excluding carboxylic acids is 2. The Morgan fingerprint density at radius 2 is 2.04 bits per heavy atom. The molecule has 0 bridgehead atoms. The molecule has 1 amide bonds. The Balaban J connectivity index is 1.88. The normalized spacial score (nSPS) is 18.9. The first-order valence-electron chi connectivity index (χ1n) is 7.37. The van der Waals surface area contributed by atoms with E-state index in [1.807, 2.05) is 0 Å². The van der Waals surface area contributed by atoms with Gasteiger partial charge in [-0.3, -0.25) is 14.9 Å². The minimum absolute atomic E-state index is 0.0806. The highest BCUT2D eigenvalue weighted by atomic mass is 35.5. The van der Waals surface area contributed by atoms with Crippen LogP contribution in [0.5, 0.6) is 0 Å². The quantitative estimate of drug-likeness (QED) is 0.514. The summed E-state index contributed by atoms with van der Waals surface area (Å²) in [5.41, 5.74) is -0.463. The molecule has 0 radical (unpaired) electrons. The zero-order chi connectivity index (χ0) is 18.2. The molecule has 2 aromatic carbocycles. The van der Waals surface area contributed by atoms with Gasteiger partial charge in [0.2, 0.25) is 0 Å². The van der Waals surface area contributed by atoms with E-state index in [-0.39, 0.29) is 22.8 Å². The third kappa shape index (κ3) is 3.18. The van der Waals surface area contributed by atoms with E-state index in [0.717, 1.165) is 6.07 Å². The molecule has 0 spiro atoms. The van der Waals surface area contributed by atoms with Crippen molar-refractivity contribution in [1.29, 1.82) is 0 Å². The highest BCUT2D eigenvalue weighted by Crippen LogP contribution is 2.31. The van der Waals surface area contributed by atoms with Crippen molar-refractivity contribution in [3.63, 3.8) is 0 Å². The number of amides is 1. The van der Waals surface area contributed by atoms with E-state index in [2.05, 4.69) is 5.32 Å². The lowest BCUT2D eigenvalue weighted by molar-refractivity contribution is -0.384. The lowest BCUT2D eigenvalue weighted by Crippen LogP contribution is -2.48. The molecule has 1 aliphatic heterocycles. The van der Waals surface area contributed by atoms with Crippen LogP contribution in [0.4, 0.5) is 11.4 Å². The van der Waals surface area contributed by atoms with Gasteiger partial charge in [-0.05, 0) is 24.6 Å². The number of nitrogens with zero attached hydrogens (tertiary/aromatic N) is 1. The number of rotatable bonds is 3. The Morgan fingerprint density at radius 1 is 1.32 bits per heavy atom. The summed E-state index contributed by atoms with van der Waals surface area (Å²) in [6.07, 6.45) is 0.188. The second kappa shape index (κ2) is 6.18. The van der Waals surface area contributed by atoms with Gasteiger partial charge >= 0.3 is 5.97 Å². The third-order valence-electron chi connectivity index (χ3n) is 3.97. The van der Waals surface area contributed by atoms with E-state index >= 15 is 0 Å². The standard InChI is InChI=1S/C17H13ClN2O5/c1-17(9-10-4-2-3-5-12(10)15(21)25-17)16(22)19-14-8-11(20(23)24)6-7-13(14)18/h2-8H,9H2,1H3,(H,19,22)/t17-/m1/s1. The van der Waals surface area contributed by atoms with Gasteiger partial charge in [-0.1, -0.05) is 29.8 Å². The minimum atomic E-state index is -1.45. The molecule has 0 aliphatic carbocycles. The van der Waals surface area contributed by atoms with Gasteiger partial charge < -0.3 is 10.1 Å². The number of cyclic esters (lactones) is 1. The van der Waals surface area contributed by atoms with Crippen LogP contribution in [0, 0.1) is 10.1 Å². The van der Waals surface area contributed by atoms with E-state index in [9.17, 15) is 19.7 Å². The molecule has 8 heteroatoms. The molecule has 1 heterocycles. The van der Waals surface area contributed by atoms with E-state index in [4.69, 9.17) is 16.3 Å². The number of hydrogen-bond acceptors (Lipinski definition) is 5. The van der Waals surface area contributed by atoms with Gasteiger partial charge in [-0.25, -0.2) is 4.79 Å². The minimum Gasteiger partial charge on any atom is -0.445 e. The number of nitro groups is 1. The van der Waals surface area contributed by atoms with Crippen LogP contribution in [-0.4, -0.2) is 22.4 Å². The van der Waals surface area contributed by atoms with Gasteiger partial charge in [0.05, 0.1) is 21.2 Å². The number of nitrogens with one attached hydrogen (secondary N) is 1. The van der Waals surface area contributed by atoms with Gasteiger partial charge in [0.25, 0.3) is 11.6 Å². The zero-order valence-electron chi connectivity index (χ0n) is 13.1. The van der Waals surface area contributed by atoms with Crippen LogP contribution >= 0.6 is 11.6 Å². The highest BCUT2D eigenvalue weighted by Gasteiger charge is 2.42. The lowest BCUT2D eigenvalue weighted by Gasteiger charge is -2.33. The number of carbonyl (C=O) groups is 2. The molecule has 1 atom stereocenters. The van der Waals surface area contributed by atoms with Crippen molar-refractivity contribution in [2.24, 2.45) is 0 Å². The number of non-ortho nitro benzene ring substituents is 1. The van der Waals surface area contributed by atoms with Gasteiger partial charge in [-0.15, -0.1) is 0 Å². The number of esters is 1. The van der Waals surface area contributed by atoms with Crippen LogP contribution in [0.1, 0.15) is 22.8 Å². The van der Waals surface area contributed by atoms with E-state index in [0.29, 0.717) is 11.1 Å². The average molecular weight is 361 g/mol. The second-order valence-electron chi connectivity index (χ2n) is 5.83. The van der Waals surface area contributed by atoms with Crippen molar-refractivity contribution in [1.82, 2.24) is 0 Å². The summed E-state index contributed by atoms with van der Waals surface area (Å²) in [6, 6.07) is 10.6. The predicted molar refractivity (Wildman–Crippen MR) is 90.7 cm³/mol. The first-order chi connectivity index (χ1) is 11.8. The highest BCUT2D eigenvalue weighted by molar-refractivity contribution is 6.33. The molecule has 0 fully saturated rings. The molecule has 0 aromatic heterocycles. The van der Waals surface area contributed by atoms with Crippen molar-refractivity contribution in [3.8, 4) is 0 Å². The first kappa shape index (κ1) is 16.9. The van der Waals surface area contributed by atoms with Crippen LogP contribution in [0.15, 0.2) is 42.5 Å². The van der Waals surface area contributed by atoms with Crippen LogP contribution in [0.25, 0.3) is 0 Å². The van der Waals surface area contributed by atoms with Crippen LogP contribution < -0.4 is 5.32 Å². The number of hydrogen-bond donors (Lipinski definition) is 1. The number of nitro benzene ring substituents is 1. The zero-order valence-corrected chi connectivity index (χ0v) is 13.9. The van der Waals surface area contributed by atoms with Gasteiger partial charge in [0, 0.05) is 18.6 Å². The fourth-order valence-corrected chi connectivity index (χ4v) is 2.80. The number of benzene rings is 2. The van der Waals surface area contributed by atoms with Crippen LogP contribution in [0.2, 0.25) is 5.02 Å². The van der Waals surface area contributed by atoms with Gasteiger partial charge in [0.15, 0.2) is 5.60 Å². The summed E-state index contributed by atoms with van der Waals surface area (Å²) in [7, 11) is 0. The number of fused-ring (bicyclic) bond motifs is 1. The summed E-state index contributed by atoms with van der Waals surface area (Å²) in [4.78, 5) is 35.1. The topological polar surface area (TPSA) is 98.5 Å². The Morgan fingerprint density at radius 3 is 2.76 bits per heavy atom. The maximum absolute atomic E-state index is 12.7. The van der Waals surface area contributed by atoms with E-state index in [1.165, 1.54) is 19.1 Å². The summed E-state index contributed by atoms with van der Waals surface area (Å²) in [5.74, 6) is -1.21. The average Bonchev–Trinajstić information content (AvgIpc) is 2.56. The smallest absolute Gasteiger partial charge is 0.339 e. The van der Waals surface area contributed by atoms with Crippen molar-refractivity contribution < 1.29 is 19.2 Å². The summed E-state index contributed by atoms with van der Waals surface area (Å²) < 4.78 is 5.32. The molecule has 1 N–H and O–H groups in total. The second-order valence-corrected chi connectivity index (χ2v) is 6.24. The molecular weight excluding hydrogens is 348 g/mol. The summed E-state index contributed by atoms with van der Waals surface area (Å²) in [5, 5.41) is 13.5. The molecule has 3 rings (SSSR count). The van der Waals surface area contributed by atoms with Crippen molar-refractivity contribution >= 4 is 34.9 Å². The Kier molecular flexibility index (Phi) is 4.18. The van der Waals surface area contributed by atoms with Crippen molar-refractivity contribution in [2.75, 3.05) is 5.32 Å². The largest absolute Gasteiger partial charge is 0.445 e. The van der Waals surface area contributed by atoms with Crippen LogP contribution in [-0.2, 0) is 16.0 Å². The predicted octanol–water partition coefficient (Wildman–Crippen LogP) is 3.36. The Bertz CT molecular complexity index is 898. The SMILES string of the molecule is C[C@]1(C(=O)Nc2cc([N+](=O)[O-])ccc2Cl)Cc2ccccc2C(=O)O1. The number of halogens is 1. The molecule has 0 unspecified atom stereocenters. The fraction of sp³-hybridized carbons (Fsp3) is 0.176. The monoisotopic (exact) mass is 360 g/mol. The Hall–Kier alpha value is -2.93. The molecule has 25 heavy (non-hydrogen) atoms. The maximum Gasteiger partial charge on any atom is 0.339 e. The van der Waals surface area contributed by atoms with E-state index in [1.54, 1.807) is 24.3 Å². The van der Waals surface area contributed by atoms with Crippen LogP contribution in [0.3, 0.4) is 0 Å². The number of anilines is 1. The van der Waals surface area contributed by atoms with E-state index < -0.39 is 22.4 Å². The summed E-state index contributed by atoms with van der Waals surface area (Å²) >= 11 is 5.99. The summed E-state index contributed by atoms with van der Waals surface area (Å²) in [6.45, 7) is 1.49. The third-order valence-corrected chi connectivity index (χ3v) is 4.30. The molecule has 0 saturated heterocycles. The molecular formula is C17H13ClN2O5. The molecule has 128 valence electrons. The molecule has 1 aliphatic rings. The molecule has 0 saturated carbocycles. The van der Waals surface area contributed by atoms with Gasteiger partial charge in [0.1, 0.15) is 0 Å². The lowest BCUT2D eigenvalue weighted by atomic mass is 9.89. The van der Waals surface area contributed by atoms with Gasteiger partial charge in [-0.2, -0.15) is 0 Å². The molecule has 7 nitrogen and oxygen atoms in total. The number of ether oxygens (including phenoxy) is 1. The molecule has 2 aromatic rings. The Labute approximate surface area is 147 Å².